The van der Waals surface area contributed by atoms with E-state index in [0.29, 0.717) is 0 Å². The average molecular weight is 327 g/mol. The lowest BCUT2D eigenvalue weighted by atomic mass is 10.2. The molecule has 0 unspecified atom stereocenters. The number of para-hydroxylation sites is 1. The Morgan fingerprint density at radius 3 is 2.32 bits per heavy atom. The predicted octanol–water partition coefficient (Wildman–Crippen LogP) is 3.23. The lowest BCUT2D eigenvalue weighted by Gasteiger charge is -2.13. The first-order valence-corrected chi connectivity index (χ1v) is 7.51. The first-order chi connectivity index (χ1) is 10.3. The fourth-order valence-electron chi connectivity index (χ4n) is 2.04. The number of halogens is 3. The molecular weight excluding hydrogens is 319 g/mol. The summed E-state index contributed by atoms with van der Waals surface area (Å²) < 4.78 is 71.0. The van der Waals surface area contributed by atoms with Gasteiger partial charge in [-0.2, -0.15) is 21.6 Å². The zero-order valence-electron chi connectivity index (χ0n) is 10.8. The number of nitrogens with zero attached hydrogens (tertiary/aromatic N) is 1. The van der Waals surface area contributed by atoms with Crippen molar-refractivity contribution >= 4 is 15.9 Å². The number of hydrogen-bond donors (Lipinski definition) is 0. The van der Waals surface area contributed by atoms with Gasteiger partial charge in [-0.15, -0.1) is 4.40 Å². The third-order valence-corrected chi connectivity index (χ3v) is 4.32. The molecular formula is C14H8F3NO3S. The lowest BCUT2D eigenvalue weighted by Crippen LogP contribution is -2.13. The minimum absolute atomic E-state index is 0.0884. The Morgan fingerprint density at radius 2 is 1.59 bits per heavy atom. The van der Waals surface area contributed by atoms with Crippen molar-refractivity contribution in [2.24, 2.45) is 4.40 Å². The summed E-state index contributed by atoms with van der Waals surface area (Å²) in [4.78, 5) is -0.0884. The van der Waals surface area contributed by atoms with Crippen LogP contribution in [-0.2, 0) is 16.2 Å². The SMILES string of the molecule is O=S1(=O)N=C(Oc2ccccc2C(F)(F)F)c2ccccc21. The van der Waals surface area contributed by atoms with Gasteiger partial charge in [0.05, 0.1) is 11.1 Å². The van der Waals surface area contributed by atoms with Crippen molar-refractivity contribution in [3.63, 3.8) is 0 Å². The van der Waals surface area contributed by atoms with Gasteiger partial charge in [0.2, 0.25) is 5.90 Å². The summed E-state index contributed by atoms with van der Waals surface area (Å²) in [5, 5.41) is 0. The molecule has 1 heterocycles. The predicted molar refractivity (Wildman–Crippen MR) is 72.2 cm³/mol. The average Bonchev–Trinajstić information content (AvgIpc) is 2.70. The van der Waals surface area contributed by atoms with E-state index in [0.717, 1.165) is 12.1 Å². The highest BCUT2D eigenvalue weighted by molar-refractivity contribution is 7.90. The molecule has 4 nitrogen and oxygen atoms in total. The highest BCUT2D eigenvalue weighted by atomic mass is 32.2. The molecule has 0 radical (unpaired) electrons. The number of benzene rings is 2. The van der Waals surface area contributed by atoms with E-state index in [1.165, 1.54) is 30.3 Å². The van der Waals surface area contributed by atoms with Gasteiger partial charge in [-0.3, -0.25) is 0 Å². The van der Waals surface area contributed by atoms with Crippen molar-refractivity contribution < 1.29 is 26.3 Å². The maximum Gasteiger partial charge on any atom is 0.419 e. The molecule has 22 heavy (non-hydrogen) atoms. The van der Waals surface area contributed by atoms with Crippen LogP contribution in [-0.4, -0.2) is 14.3 Å². The van der Waals surface area contributed by atoms with E-state index in [9.17, 15) is 21.6 Å². The van der Waals surface area contributed by atoms with Crippen LogP contribution in [0.1, 0.15) is 11.1 Å². The largest absolute Gasteiger partial charge is 0.437 e. The maximum absolute atomic E-state index is 12.9. The van der Waals surface area contributed by atoms with Crippen LogP contribution in [0.25, 0.3) is 0 Å². The number of sulfonamides is 1. The summed E-state index contributed by atoms with van der Waals surface area (Å²) in [5.74, 6) is -0.868. The van der Waals surface area contributed by atoms with Gasteiger partial charge in [-0.1, -0.05) is 24.3 Å². The van der Waals surface area contributed by atoms with Gasteiger partial charge in [-0.25, -0.2) is 0 Å². The van der Waals surface area contributed by atoms with Crippen LogP contribution in [0, 0.1) is 0 Å². The highest BCUT2D eigenvalue weighted by Gasteiger charge is 2.36. The number of fused-ring (bicyclic) bond motifs is 1. The summed E-state index contributed by atoms with van der Waals surface area (Å²) in [6.07, 6.45) is -4.62. The van der Waals surface area contributed by atoms with E-state index < -0.39 is 27.5 Å². The molecule has 2 aromatic carbocycles. The molecule has 0 aromatic heterocycles. The summed E-state index contributed by atoms with van der Waals surface area (Å²) in [7, 11) is -3.94. The number of ether oxygens (including phenoxy) is 1. The molecule has 0 N–H and O–H groups in total. The molecule has 0 aliphatic carbocycles. The first kappa shape index (κ1) is 14.6. The summed E-state index contributed by atoms with van der Waals surface area (Å²) in [6.45, 7) is 0. The summed E-state index contributed by atoms with van der Waals surface area (Å²) in [6, 6.07) is 10.3. The molecule has 1 aliphatic rings. The molecule has 8 heteroatoms. The molecule has 0 atom stereocenters. The Hall–Kier alpha value is -2.35. The van der Waals surface area contributed by atoms with Crippen molar-refractivity contribution in [2.45, 2.75) is 11.1 Å². The van der Waals surface area contributed by atoms with E-state index in [-0.39, 0.29) is 16.4 Å². The van der Waals surface area contributed by atoms with E-state index in [1.54, 1.807) is 6.07 Å². The lowest BCUT2D eigenvalue weighted by molar-refractivity contribution is -0.138. The van der Waals surface area contributed by atoms with Crippen LogP contribution >= 0.6 is 0 Å². The van der Waals surface area contributed by atoms with Crippen molar-refractivity contribution in [2.75, 3.05) is 0 Å². The maximum atomic E-state index is 12.9. The first-order valence-electron chi connectivity index (χ1n) is 6.07. The Morgan fingerprint density at radius 1 is 0.955 bits per heavy atom. The molecule has 0 spiro atoms. The monoisotopic (exact) mass is 327 g/mol. The zero-order valence-corrected chi connectivity index (χ0v) is 11.6. The highest BCUT2D eigenvalue weighted by Crippen LogP contribution is 2.37. The van der Waals surface area contributed by atoms with Gasteiger partial charge >= 0.3 is 6.18 Å². The fourth-order valence-corrected chi connectivity index (χ4v) is 3.18. The van der Waals surface area contributed by atoms with Crippen molar-refractivity contribution in [1.29, 1.82) is 0 Å². The van der Waals surface area contributed by atoms with Crippen LogP contribution in [0.3, 0.4) is 0 Å². The van der Waals surface area contributed by atoms with Crippen molar-refractivity contribution in [3.8, 4) is 5.75 Å². The van der Waals surface area contributed by atoms with E-state index in [2.05, 4.69) is 4.40 Å². The van der Waals surface area contributed by atoms with Gasteiger partial charge in [0.25, 0.3) is 10.0 Å². The van der Waals surface area contributed by atoms with Crippen LogP contribution in [0.5, 0.6) is 5.75 Å². The fraction of sp³-hybridized carbons (Fsp3) is 0.0714. The molecule has 0 amide bonds. The Labute approximate surface area is 123 Å². The zero-order chi connectivity index (χ0) is 16.0. The smallest absolute Gasteiger partial charge is 0.419 e. The molecule has 0 saturated carbocycles. The third-order valence-electron chi connectivity index (χ3n) is 3.00. The van der Waals surface area contributed by atoms with E-state index >= 15 is 0 Å². The van der Waals surface area contributed by atoms with Gasteiger partial charge in [0, 0.05) is 0 Å². The second-order valence-electron chi connectivity index (χ2n) is 4.46. The van der Waals surface area contributed by atoms with Crippen LogP contribution in [0.4, 0.5) is 13.2 Å². The van der Waals surface area contributed by atoms with Gasteiger partial charge in [-0.05, 0) is 24.3 Å². The summed E-state index contributed by atoms with van der Waals surface area (Å²) in [5.41, 5.74) is -0.862. The normalized spacial score (nSPS) is 16.0. The van der Waals surface area contributed by atoms with Crippen molar-refractivity contribution in [3.05, 3.63) is 59.7 Å². The minimum Gasteiger partial charge on any atom is -0.437 e. The third kappa shape index (κ3) is 2.45. The molecule has 0 bridgehead atoms. The molecule has 0 fully saturated rings. The van der Waals surface area contributed by atoms with E-state index in [1.807, 2.05) is 0 Å². The molecule has 1 aliphatic heterocycles. The number of alkyl halides is 3. The Balaban J connectivity index is 2.07. The number of rotatable bonds is 1. The van der Waals surface area contributed by atoms with Gasteiger partial charge in [0.1, 0.15) is 10.6 Å². The number of hydrogen-bond acceptors (Lipinski definition) is 3. The second-order valence-corrected chi connectivity index (χ2v) is 6.04. The minimum atomic E-state index is -4.62. The topological polar surface area (TPSA) is 55.7 Å². The van der Waals surface area contributed by atoms with E-state index in [4.69, 9.17) is 4.74 Å². The molecule has 114 valence electrons. The van der Waals surface area contributed by atoms with Crippen LogP contribution in [0.15, 0.2) is 57.8 Å². The Bertz CT molecular complexity index is 873. The standard InChI is InChI=1S/C14H8F3NO3S/c15-14(16,17)10-6-2-3-7-11(10)21-13-9-5-1-4-8-12(9)22(19,20)18-13/h1-8H. The Kier molecular flexibility index (Phi) is 3.21. The second kappa shape index (κ2) is 4.84. The molecule has 2 aromatic rings. The quantitative estimate of drug-likeness (QED) is 0.808. The van der Waals surface area contributed by atoms with Crippen LogP contribution in [0.2, 0.25) is 0 Å². The molecule has 0 saturated heterocycles. The van der Waals surface area contributed by atoms with Gasteiger partial charge < -0.3 is 4.74 Å². The van der Waals surface area contributed by atoms with Gasteiger partial charge in [0.15, 0.2) is 0 Å². The summed E-state index contributed by atoms with van der Waals surface area (Å²) >= 11 is 0. The van der Waals surface area contributed by atoms with Crippen LogP contribution < -0.4 is 4.74 Å². The van der Waals surface area contributed by atoms with Crippen molar-refractivity contribution in [1.82, 2.24) is 0 Å². The molecule has 3 rings (SSSR count).